The monoisotopic (exact) mass is 791 g/mol. The van der Waals surface area contributed by atoms with Crippen LogP contribution >= 0.6 is 0 Å². The Morgan fingerprint density at radius 1 is 0.800 bits per heavy atom. The fraction of sp³-hybridized carbons (Fsp3) is 0.306. The van der Waals surface area contributed by atoms with Gasteiger partial charge in [-0.1, -0.05) is 105 Å². The molecular formula is C36H35F3IrN3O2-. The molecule has 6 rings (SSSR count). The number of aliphatic hydroxyl groups excluding tert-OH is 1. The zero-order valence-corrected chi connectivity index (χ0v) is 28.0. The van der Waals surface area contributed by atoms with Crippen LogP contribution in [0, 0.1) is 18.0 Å². The van der Waals surface area contributed by atoms with Gasteiger partial charge in [0.2, 0.25) is 0 Å². The Morgan fingerprint density at radius 2 is 1.36 bits per heavy atom. The molecule has 0 aliphatic rings. The summed E-state index contributed by atoms with van der Waals surface area (Å²) in [5.41, 5.74) is 2.05. The first-order valence-electron chi connectivity index (χ1n) is 15.1. The predicted molar refractivity (Wildman–Crippen MR) is 170 cm³/mol. The molecule has 0 amide bonds. The Labute approximate surface area is 273 Å². The minimum Gasteiger partial charge on any atom is -0.512 e. The van der Waals surface area contributed by atoms with Crippen LogP contribution in [0.2, 0.25) is 0 Å². The predicted octanol–water partition coefficient (Wildman–Crippen LogP) is 9.98. The normalized spacial score (nSPS) is 12.3. The number of hydrogen-bond acceptors (Lipinski definition) is 4. The van der Waals surface area contributed by atoms with E-state index >= 15 is 0 Å². The summed E-state index contributed by atoms with van der Waals surface area (Å²) in [6, 6.07) is 20.3. The van der Waals surface area contributed by atoms with Crippen LogP contribution < -0.4 is 0 Å². The molecule has 237 valence electrons. The van der Waals surface area contributed by atoms with E-state index in [4.69, 9.17) is 0 Å². The third-order valence-electron chi connectivity index (χ3n) is 8.46. The SMILES string of the molecule is CCC(CC)C(=O)/C=C(\O)C(CC)CC.FC(F)(F)c1nnc(-c2[c-]n3c4ccccc4c4cccc2c43)c2ccccc12.[Ir]. The van der Waals surface area contributed by atoms with Crippen molar-refractivity contribution in [2.75, 3.05) is 0 Å². The maximum Gasteiger partial charge on any atom is 0.435 e. The molecule has 9 heteroatoms. The largest absolute Gasteiger partial charge is 0.512 e. The molecule has 3 aromatic carbocycles. The number of aromatic nitrogens is 3. The molecule has 1 radical (unpaired) electrons. The molecule has 0 atom stereocenters. The third kappa shape index (κ3) is 6.47. The van der Waals surface area contributed by atoms with Gasteiger partial charge in [0.25, 0.3) is 0 Å². The van der Waals surface area contributed by atoms with Crippen molar-refractivity contribution in [1.29, 1.82) is 0 Å². The summed E-state index contributed by atoms with van der Waals surface area (Å²) in [5.74, 6) is 0.547. The van der Waals surface area contributed by atoms with Crippen molar-refractivity contribution in [3.8, 4) is 11.3 Å². The van der Waals surface area contributed by atoms with E-state index in [0.717, 1.165) is 52.9 Å². The summed E-state index contributed by atoms with van der Waals surface area (Å²) in [7, 11) is 0. The van der Waals surface area contributed by atoms with E-state index < -0.39 is 11.9 Å². The van der Waals surface area contributed by atoms with E-state index in [1.807, 2.05) is 68.5 Å². The quantitative estimate of drug-likeness (QED) is 0.0948. The summed E-state index contributed by atoms with van der Waals surface area (Å²) in [6.45, 7) is 8.07. The Bertz CT molecular complexity index is 1960. The minimum atomic E-state index is -4.57. The standard InChI is InChI=1S/C23H11F3N3.C13H24O2.Ir/c24-23(25,26)22-17-8-2-1-7-14(17)20(27-28-22)18-12-29-19-11-4-3-6-13(19)15-9-5-10-16(18)21(15)29;1-5-10(6-2)12(14)9-13(15)11(7-3)8-4;/h1-11H;9-11,14H,5-8H2,1-4H3;/q-1;;/b;12-9-;. The molecule has 0 fully saturated rings. The van der Waals surface area contributed by atoms with Crippen LogP contribution in [0.3, 0.4) is 0 Å². The van der Waals surface area contributed by atoms with Crippen LogP contribution in [0.1, 0.15) is 59.1 Å². The zero-order valence-electron chi connectivity index (χ0n) is 25.6. The van der Waals surface area contributed by atoms with Gasteiger partial charge in [0, 0.05) is 49.1 Å². The summed E-state index contributed by atoms with van der Waals surface area (Å²) < 4.78 is 42.2. The summed E-state index contributed by atoms with van der Waals surface area (Å²) >= 11 is 0. The number of alkyl halides is 3. The second kappa shape index (κ2) is 14.1. The molecule has 0 unspecified atom stereocenters. The summed E-state index contributed by atoms with van der Waals surface area (Å²) in [6.07, 6.45) is 3.68. The van der Waals surface area contributed by atoms with Gasteiger partial charge in [-0.15, -0.1) is 0 Å². The summed E-state index contributed by atoms with van der Waals surface area (Å²) in [5, 5.41) is 20.8. The van der Waals surface area contributed by atoms with Crippen molar-refractivity contribution in [3.05, 3.63) is 90.5 Å². The van der Waals surface area contributed by atoms with Crippen LogP contribution in [-0.4, -0.2) is 25.5 Å². The number of carbonyl (C=O) groups excluding carboxylic acids is 1. The number of nitrogens with zero attached hydrogens (tertiary/aromatic N) is 3. The maximum atomic E-state index is 13.4. The Hall–Kier alpha value is -3.81. The number of carbonyl (C=O) groups is 1. The molecular weight excluding hydrogens is 756 g/mol. The number of halogens is 3. The van der Waals surface area contributed by atoms with Crippen LogP contribution in [-0.2, 0) is 31.1 Å². The van der Waals surface area contributed by atoms with Gasteiger partial charge in [-0.25, -0.2) is 0 Å². The number of para-hydroxylation sites is 2. The van der Waals surface area contributed by atoms with Gasteiger partial charge in [0.15, 0.2) is 11.5 Å². The van der Waals surface area contributed by atoms with Crippen LogP contribution in [0.5, 0.6) is 0 Å². The van der Waals surface area contributed by atoms with Crippen LogP contribution in [0.15, 0.2) is 78.6 Å². The summed E-state index contributed by atoms with van der Waals surface area (Å²) in [4.78, 5) is 11.7. The molecule has 0 saturated heterocycles. The van der Waals surface area contributed by atoms with Crippen molar-refractivity contribution in [3.63, 3.8) is 0 Å². The Kier molecular flexibility index (Phi) is 10.7. The molecule has 45 heavy (non-hydrogen) atoms. The fourth-order valence-corrected chi connectivity index (χ4v) is 5.97. The zero-order chi connectivity index (χ0) is 31.6. The molecule has 1 N–H and O–H groups in total. The van der Waals surface area contributed by atoms with Gasteiger partial charge in [0.05, 0.1) is 5.76 Å². The smallest absolute Gasteiger partial charge is 0.435 e. The van der Waals surface area contributed by atoms with E-state index in [2.05, 4.69) is 22.5 Å². The van der Waals surface area contributed by atoms with Crippen molar-refractivity contribution in [2.45, 2.75) is 59.6 Å². The second-order valence-electron chi connectivity index (χ2n) is 11.0. The van der Waals surface area contributed by atoms with Gasteiger partial charge in [-0.3, -0.25) is 4.79 Å². The molecule has 3 heterocycles. The topological polar surface area (TPSA) is 67.5 Å². The Morgan fingerprint density at radius 3 is 1.98 bits per heavy atom. The van der Waals surface area contributed by atoms with Gasteiger partial charge in [-0.05, 0) is 59.1 Å². The molecule has 6 aromatic rings. The Balaban J connectivity index is 0.000000249. The number of hydrogen-bond donors (Lipinski definition) is 1. The number of rotatable bonds is 8. The molecule has 0 aliphatic carbocycles. The van der Waals surface area contributed by atoms with Crippen molar-refractivity contribution < 1.29 is 43.2 Å². The average Bonchev–Trinajstić information content (AvgIpc) is 3.56. The molecule has 0 spiro atoms. The maximum absolute atomic E-state index is 13.4. The van der Waals surface area contributed by atoms with Gasteiger partial charge in [-0.2, -0.15) is 23.4 Å². The van der Waals surface area contributed by atoms with Gasteiger partial charge < -0.3 is 9.51 Å². The fourth-order valence-electron chi connectivity index (χ4n) is 5.97. The van der Waals surface area contributed by atoms with Crippen molar-refractivity contribution >= 4 is 43.7 Å². The molecule has 0 bridgehead atoms. The molecule has 0 saturated carbocycles. The van der Waals surface area contributed by atoms with Gasteiger partial charge >= 0.3 is 6.18 Å². The second-order valence-corrected chi connectivity index (χ2v) is 11.0. The van der Waals surface area contributed by atoms with E-state index in [-0.39, 0.29) is 48.9 Å². The van der Waals surface area contributed by atoms with Crippen molar-refractivity contribution in [1.82, 2.24) is 14.6 Å². The first kappa shape index (κ1) is 34.1. The van der Waals surface area contributed by atoms with E-state index in [1.54, 1.807) is 18.2 Å². The van der Waals surface area contributed by atoms with Crippen LogP contribution in [0.4, 0.5) is 13.2 Å². The number of ketones is 1. The number of aliphatic hydroxyl groups is 1. The first-order valence-corrected chi connectivity index (χ1v) is 15.1. The molecule has 5 nitrogen and oxygen atoms in total. The third-order valence-corrected chi connectivity index (χ3v) is 8.46. The number of benzene rings is 3. The molecule has 0 aliphatic heterocycles. The van der Waals surface area contributed by atoms with Crippen LogP contribution in [0.25, 0.3) is 49.2 Å². The first-order chi connectivity index (χ1) is 21.1. The average molecular weight is 791 g/mol. The van der Waals surface area contributed by atoms with Crippen molar-refractivity contribution in [2.24, 2.45) is 11.8 Å². The number of allylic oxidation sites excluding steroid dienone is 2. The van der Waals surface area contributed by atoms with Gasteiger partial charge in [0.1, 0.15) is 0 Å². The van der Waals surface area contributed by atoms with E-state index in [9.17, 15) is 23.1 Å². The van der Waals surface area contributed by atoms with E-state index in [0.29, 0.717) is 16.6 Å². The number of fused-ring (bicyclic) bond motifs is 4. The van der Waals surface area contributed by atoms with E-state index in [1.165, 1.54) is 12.1 Å². The molecule has 3 aromatic heterocycles. The minimum absolute atomic E-state index is 0.